The first kappa shape index (κ1) is 19.4. The summed E-state index contributed by atoms with van der Waals surface area (Å²) in [5, 5.41) is 3.30. The second kappa shape index (κ2) is 8.62. The van der Waals surface area contributed by atoms with Crippen LogP contribution in [-0.4, -0.2) is 41.1 Å². The lowest BCUT2D eigenvalue weighted by atomic mass is 10.00. The molecule has 0 radical (unpaired) electrons. The molecule has 0 aliphatic carbocycles. The number of aromatic nitrogens is 2. The second-order valence-corrected chi connectivity index (χ2v) is 7.77. The highest BCUT2D eigenvalue weighted by molar-refractivity contribution is 5.68. The number of ether oxygens (including phenoxy) is 1. The Labute approximate surface area is 172 Å². The molecule has 29 heavy (non-hydrogen) atoms. The maximum absolute atomic E-state index is 5.97. The van der Waals surface area contributed by atoms with Crippen molar-refractivity contribution in [2.24, 2.45) is 0 Å². The number of nitrogens with one attached hydrogen (secondary N) is 1. The molecule has 1 aromatic heterocycles. The lowest BCUT2D eigenvalue weighted by molar-refractivity contribution is 0.198. The standard InChI is InChI=1S/C24H28N4O/c1-17-6-4-7-18(2)23(17)22-13-14-25-24(27-22)26-19-9-11-21(12-10-19)29-16-20-8-5-15-28(20)3/h4,6-7,9-14,20H,5,8,15-16H2,1-3H3,(H,25,26,27). The van der Waals surface area contributed by atoms with E-state index in [0.29, 0.717) is 12.0 Å². The van der Waals surface area contributed by atoms with E-state index in [1.54, 1.807) is 6.20 Å². The van der Waals surface area contributed by atoms with E-state index in [0.717, 1.165) is 30.3 Å². The number of hydrogen-bond donors (Lipinski definition) is 1. The van der Waals surface area contributed by atoms with Crippen molar-refractivity contribution >= 4 is 11.6 Å². The van der Waals surface area contributed by atoms with Gasteiger partial charge in [-0.2, -0.15) is 0 Å². The summed E-state index contributed by atoms with van der Waals surface area (Å²) in [7, 11) is 2.17. The van der Waals surface area contributed by atoms with E-state index < -0.39 is 0 Å². The summed E-state index contributed by atoms with van der Waals surface area (Å²) < 4.78 is 5.97. The van der Waals surface area contributed by atoms with Crippen molar-refractivity contribution in [3.8, 4) is 17.0 Å². The van der Waals surface area contributed by atoms with E-state index >= 15 is 0 Å². The zero-order valence-electron chi connectivity index (χ0n) is 17.4. The molecule has 0 saturated carbocycles. The highest BCUT2D eigenvalue weighted by Gasteiger charge is 2.21. The number of likely N-dealkylation sites (N-methyl/N-ethyl adjacent to an activating group) is 1. The first-order chi connectivity index (χ1) is 14.1. The van der Waals surface area contributed by atoms with Gasteiger partial charge >= 0.3 is 0 Å². The zero-order chi connectivity index (χ0) is 20.2. The predicted octanol–water partition coefficient (Wildman–Crippen LogP) is 4.98. The monoisotopic (exact) mass is 388 g/mol. The largest absolute Gasteiger partial charge is 0.492 e. The molecule has 1 aliphatic heterocycles. The molecule has 0 amide bonds. The fraction of sp³-hybridized carbons (Fsp3) is 0.333. The van der Waals surface area contributed by atoms with Crippen LogP contribution in [0, 0.1) is 13.8 Å². The van der Waals surface area contributed by atoms with Crippen molar-refractivity contribution in [2.75, 3.05) is 25.5 Å². The topological polar surface area (TPSA) is 50.3 Å². The van der Waals surface area contributed by atoms with Gasteiger partial charge in [-0.25, -0.2) is 9.97 Å². The molecule has 2 heterocycles. The lowest BCUT2D eigenvalue weighted by Crippen LogP contribution is -2.30. The van der Waals surface area contributed by atoms with Crippen LogP contribution in [0.4, 0.5) is 11.6 Å². The van der Waals surface area contributed by atoms with Crippen molar-refractivity contribution in [1.29, 1.82) is 0 Å². The van der Waals surface area contributed by atoms with Crippen molar-refractivity contribution < 1.29 is 4.74 Å². The smallest absolute Gasteiger partial charge is 0.227 e. The summed E-state index contributed by atoms with van der Waals surface area (Å²) in [6, 6.07) is 16.8. The molecule has 5 heteroatoms. The van der Waals surface area contributed by atoms with Gasteiger partial charge in [0.25, 0.3) is 0 Å². The molecule has 1 unspecified atom stereocenters. The predicted molar refractivity (Wildman–Crippen MR) is 118 cm³/mol. The summed E-state index contributed by atoms with van der Waals surface area (Å²) in [5.41, 5.74) is 5.46. The second-order valence-electron chi connectivity index (χ2n) is 7.77. The number of aryl methyl sites for hydroxylation is 2. The van der Waals surface area contributed by atoms with Crippen LogP contribution in [0.5, 0.6) is 5.75 Å². The normalized spacial score (nSPS) is 16.7. The Morgan fingerprint density at radius 2 is 1.83 bits per heavy atom. The van der Waals surface area contributed by atoms with Crippen molar-refractivity contribution in [2.45, 2.75) is 32.7 Å². The summed E-state index contributed by atoms with van der Waals surface area (Å²) in [6.07, 6.45) is 4.27. The van der Waals surface area contributed by atoms with Gasteiger partial charge in [-0.05, 0) is 81.7 Å². The lowest BCUT2D eigenvalue weighted by Gasteiger charge is -2.19. The number of nitrogens with zero attached hydrogens (tertiary/aromatic N) is 3. The fourth-order valence-corrected chi connectivity index (χ4v) is 3.92. The zero-order valence-corrected chi connectivity index (χ0v) is 17.4. The van der Waals surface area contributed by atoms with E-state index in [2.05, 4.69) is 54.3 Å². The highest BCUT2D eigenvalue weighted by atomic mass is 16.5. The Morgan fingerprint density at radius 3 is 2.52 bits per heavy atom. The molecular formula is C24H28N4O. The third-order valence-corrected chi connectivity index (χ3v) is 5.62. The van der Waals surface area contributed by atoms with Crippen molar-refractivity contribution in [3.63, 3.8) is 0 Å². The number of benzene rings is 2. The molecule has 1 saturated heterocycles. The molecule has 150 valence electrons. The van der Waals surface area contributed by atoms with Crippen molar-refractivity contribution in [1.82, 2.24) is 14.9 Å². The highest BCUT2D eigenvalue weighted by Crippen LogP contribution is 2.26. The molecule has 0 bridgehead atoms. The minimum absolute atomic E-state index is 0.522. The Balaban J connectivity index is 1.43. The van der Waals surface area contributed by atoms with E-state index in [-0.39, 0.29) is 0 Å². The van der Waals surface area contributed by atoms with Crippen molar-refractivity contribution in [3.05, 3.63) is 65.9 Å². The Morgan fingerprint density at radius 1 is 1.07 bits per heavy atom. The maximum Gasteiger partial charge on any atom is 0.227 e. The van der Waals surface area contributed by atoms with Crippen LogP contribution in [-0.2, 0) is 0 Å². The van der Waals surface area contributed by atoms with Gasteiger partial charge in [-0.3, -0.25) is 0 Å². The summed E-state index contributed by atoms with van der Waals surface area (Å²) >= 11 is 0. The number of likely N-dealkylation sites (tertiary alicyclic amines) is 1. The average molecular weight is 389 g/mol. The molecule has 1 fully saturated rings. The van der Waals surface area contributed by atoms with Crippen LogP contribution in [0.15, 0.2) is 54.7 Å². The van der Waals surface area contributed by atoms with Gasteiger partial charge in [-0.1, -0.05) is 18.2 Å². The van der Waals surface area contributed by atoms with E-state index in [1.807, 2.05) is 30.3 Å². The summed E-state index contributed by atoms with van der Waals surface area (Å²) in [4.78, 5) is 11.5. The van der Waals surface area contributed by atoms with E-state index in [9.17, 15) is 0 Å². The summed E-state index contributed by atoms with van der Waals surface area (Å²) in [6.45, 7) is 6.13. The third-order valence-electron chi connectivity index (χ3n) is 5.62. The number of rotatable bonds is 6. The molecule has 0 spiro atoms. The molecule has 4 rings (SSSR count). The Bertz CT molecular complexity index is 951. The van der Waals surface area contributed by atoms with Gasteiger partial charge in [0.15, 0.2) is 0 Å². The molecular weight excluding hydrogens is 360 g/mol. The van der Waals surface area contributed by atoms with E-state index in [1.165, 1.54) is 29.5 Å². The van der Waals surface area contributed by atoms with Crippen LogP contribution in [0.3, 0.4) is 0 Å². The average Bonchev–Trinajstić information content (AvgIpc) is 3.12. The molecule has 1 N–H and O–H groups in total. The SMILES string of the molecule is Cc1cccc(C)c1-c1ccnc(Nc2ccc(OCC3CCCN3C)cc2)n1. The van der Waals surface area contributed by atoms with Gasteiger partial charge < -0.3 is 15.0 Å². The molecule has 3 aromatic rings. The van der Waals surface area contributed by atoms with Gasteiger partial charge in [0.05, 0.1) is 5.69 Å². The van der Waals surface area contributed by atoms with Crippen LogP contribution >= 0.6 is 0 Å². The van der Waals surface area contributed by atoms with Crippen LogP contribution in [0.2, 0.25) is 0 Å². The Hall–Kier alpha value is -2.92. The fourth-order valence-electron chi connectivity index (χ4n) is 3.92. The van der Waals surface area contributed by atoms with Gasteiger partial charge in [0, 0.05) is 23.5 Å². The van der Waals surface area contributed by atoms with Crippen LogP contribution < -0.4 is 10.1 Å². The molecule has 1 atom stereocenters. The molecule has 1 aliphatic rings. The minimum atomic E-state index is 0.522. The molecule has 2 aromatic carbocycles. The molecule has 5 nitrogen and oxygen atoms in total. The first-order valence-electron chi connectivity index (χ1n) is 10.2. The van der Waals surface area contributed by atoms with Gasteiger partial charge in [0.1, 0.15) is 12.4 Å². The van der Waals surface area contributed by atoms with Gasteiger partial charge in [-0.15, -0.1) is 0 Å². The third kappa shape index (κ3) is 4.57. The maximum atomic E-state index is 5.97. The minimum Gasteiger partial charge on any atom is -0.492 e. The first-order valence-corrected chi connectivity index (χ1v) is 10.2. The van der Waals surface area contributed by atoms with Gasteiger partial charge in [0.2, 0.25) is 5.95 Å². The Kier molecular flexibility index (Phi) is 5.76. The van der Waals surface area contributed by atoms with E-state index in [4.69, 9.17) is 9.72 Å². The number of hydrogen-bond acceptors (Lipinski definition) is 5. The quantitative estimate of drug-likeness (QED) is 0.646. The summed E-state index contributed by atoms with van der Waals surface area (Å²) in [5.74, 6) is 1.48. The van der Waals surface area contributed by atoms with Crippen LogP contribution in [0.25, 0.3) is 11.3 Å². The van der Waals surface area contributed by atoms with Crippen LogP contribution in [0.1, 0.15) is 24.0 Å². The number of anilines is 2.